The standard InChI is InChI=1S/C24H23FN6O4S/c1-4-5-6-9-36(34,35)31-27-13-17(30-31)12-26-24(33)22-14(2)21(28-15(22)3)11-19-18-10-16(25)7-8-20(18)29-23(19)32/h1,7-8,10-11,13,28H,5-6,9,12H2,2-3H3,(H,26,33)(H,29,32)/b19-11-. The monoisotopic (exact) mass is 510 g/mol. The molecule has 10 nitrogen and oxygen atoms in total. The summed E-state index contributed by atoms with van der Waals surface area (Å²) in [7, 11) is -3.73. The summed E-state index contributed by atoms with van der Waals surface area (Å²) in [5.74, 6) is 0.943. The van der Waals surface area contributed by atoms with E-state index in [0.717, 1.165) is 0 Å². The zero-order valence-corrected chi connectivity index (χ0v) is 20.4. The number of amides is 2. The summed E-state index contributed by atoms with van der Waals surface area (Å²) >= 11 is 0. The van der Waals surface area contributed by atoms with Gasteiger partial charge in [0.05, 0.1) is 29.6 Å². The maximum Gasteiger partial charge on any atom is 0.269 e. The summed E-state index contributed by atoms with van der Waals surface area (Å²) in [6.07, 6.45) is 8.61. The van der Waals surface area contributed by atoms with E-state index in [-0.39, 0.29) is 29.5 Å². The summed E-state index contributed by atoms with van der Waals surface area (Å²) in [5.41, 5.74) is 3.55. The van der Waals surface area contributed by atoms with Crippen molar-refractivity contribution >= 4 is 39.2 Å². The van der Waals surface area contributed by atoms with Gasteiger partial charge < -0.3 is 15.6 Å². The Morgan fingerprint density at radius 2 is 2.11 bits per heavy atom. The van der Waals surface area contributed by atoms with Crippen molar-refractivity contribution in [2.75, 3.05) is 11.1 Å². The largest absolute Gasteiger partial charge is 0.358 e. The van der Waals surface area contributed by atoms with Gasteiger partial charge >= 0.3 is 0 Å². The lowest BCUT2D eigenvalue weighted by Gasteiger charge is -2.04. The van der Waals surface area contributed by atoms with Gasteiger partial charge in [-0.15, -0.1) is 22.5 Å². The molecule has 0 saturated carbocycles. The third-order valence-corrected chi connectivity index (χ3v) is 7.16. The number of aromatic nitrogens is 4. The molecule has 36 heavy (non-hydrogen) atoms. The summed E-state index contributed by atoms with van der Waals surface area (Å²) < 4.78 is 38.9. The van der Waals surface area contributed by atoms with Crippen LogP contribution in [0.1, 0.15) is 51.4 Å². The summed E-state index contributed by atoms with van der Waals surface area (Å²) in [6, 6.07) is 4.04. The number of nitrogens with one attached hydrogen (secondary N) is 3. The predicted molar refractivity (Wildman–Crippen MR) is 132 cm³/mol. The van der Waals surface area contributed by atoms with Gasteiger partial charge in [0.2, 0.25) is 0 Å². The number of halogens is 1. The number of benzene rings is 1. The van der Waals surface area contributed by atoms with E-state index in [1.807, 2.05) is 0 Å². The van der Waals surface area contributed by atoms with Crippen molar-refractivity contribution in [1.29, 1.82) is 0 Å². The van der Waals surface area contributed by atoms with E-state index in [4.69, 9.17) is 6.42 Å². The van der Waals surface area contributed by atoms with Crippen molar-refractivity contribution in [3.63, 3.8) is 0 Å². The Morgan fingerprint density at radius 1 is 1.33 bits per heavy atom. The van der Waals surface area contributed by atoms with E-state index in [1.165, 1.54) is 24.4 Å². The molecule has 0 spiro atoms. The molecule has 0 saturated heterocycles. The lowest BCUT2D eigenvalue weighted by atomic mass is 10.0. The number of nitrogens with zero attached hydrogens (tertiary/aromatic N) is 3. The number of hydrogen-bond donors (Lipinski definition) is 3. The van der Waals surface area contributed by atoms with Crippen LogP contribution in [0, 0.1) is 32.0 Å². The smallest absolute Gasteiger partial charge is 0.269 e. The number of H-pyrrole nitrogens is 1. The second-order valence-electron chi connectivity index (χ2n) is 8.23. The molecular formula is C24H23FN6O4S. The van der Waals surface area contributed by atoms with Crippen molar-refractivity contribution < 1.29 is 22.4 Å². The first kappa shape index (κ1) is 24.9. The van der Waals surface area contributed by atoms with Gasteiger partial charge in [-0.3, -0.25) is 9.59 Å². The van der Waals surface area contributed by atoms with Gasteiger partial charge in [0.15, 0.2) is 0 Å². The molecule has 3 heterocycles. The van der Waals surface area contributed by atoms with E-state index < -0.39 is 21.7 Å². The van der Waals surface area contributed by atoms with E-state index in [1.54, 1.807) is 19.9 Å². The first-order chi connectivity index (χ1) is 17.1. The van der Waals surface area contributed by atoms with Gasteiger partial charge in [-0.25, -0.2) is 12.8 Å². The molecular weight excluding hydrogens is 487 g/mol. The Bertz CT molecular complexity index is 1540. The molecule has 0 unspecified atom stereocenters. The predicted octanol–water partition coefficient (Wildman–Crippen LogP) is 2.38. The second kappa shape index (κ2) is 9.79. The molecule has 1 aliphatic heterocycles. The van der Waals surface area contributed by atoms with Gasteiger partial charge in [-0.05, 0) is 50.1 Å². The Morgan fingerprint density at radius 3 is 2.86 bits per heavy atom. The Labute approximate surface area is 207 Å². The van der Waals surface area contributed by atoms with Crippen LogP contribution in [-0.4, -0.2) is 45.4 Å². The summed E-state index contributed by atoms with van der Waals surface area (Å²) in [6.45, 7) is 3.39. The van der Waals surface area contributed by atoms with Crippen molar-refractivity contribution in [2.24, 2.45) is 0 Å². The molecule has 0 aliphatic carbocycles. The topological polar surface area (TPSA) is 139 Å². The van der Waals surface area contributed by atoms with Crippen LogP contribution in [0.25, 0.3) is 11.6 Å². The molecule has 1 aromatic carbocycles. The number of aromatic amines is 1. The number of fused-ring (bicyclic) bond motifs is 1. The fourth-order valence-electron chi connectivity index (χ4n) is 3.90. The van der Waals surface area contributed by atoms with Crippen LogP contribution in [0.2, 0.25) is 0 Å². The first-order valence-electron chi connectivity index (χ1n) is 11.0. The molecule has 3 N–H and O–H groups in total. The number of anilines is 1. The minimum Gasteiger partial charge on any atom is -0.358 e. The van der Waals surface area contributed by atoms with Gasteiger partial charge in [-0.2, -0.15) is 0 Å². The Hall–Kier alpha value is -4.24. The minimum absolute atomic E-state index is 0.0474. The zero-order chi connectivity index (χ0) is 26.0. The van der Waals surface area contributed by atoms with E-state index in [0.29, 0.717) is 50.8 Å². The van der Waals surface area contributed by atoms with Crippen LogP contribution in [0.4, 0.5) is 10.1 Å². The van der Waals surface area contributed by atoms with Crippen LogP contribution in [0.15, 0.2) is 24.4 Å². The highest BCUT2D eigenvalue weighted by atomic mass is 32.2. The highest BCUT2D eigenvalue weighted by molar-refractivity contribution is 7.89. The van der Waals surface area contributed by atoms with E-state index >= 15 is 0 Å². The fraction of sp³-hybridized carbons (Fsp3) is 0.250. The number of rotatable bonds is 8. The average Bonchev–Trinajstić information content (AvgIpc) is 3.50. The number of unbranched alkanes of at least 4 members (excludes halogenated alkanes) is 1. The molecule has 2 amide bonds. The highest BCUT2D eigenvalue weighted by Gasteiger charge is 2.26. The summed E-state index contributed by atoms with van der Waals surface area (Å²) in [4.78, 5) is 28.4. The third kappa shape index (κ3) is 4.92. The van der Waals surface area contributed by atoms with Crippen molar-refractivity contribution in [1.82, 2.24) is 24.7 Å². The van der Waals surface area contributed by atoms with Crippen LogP contribution < -0.4 is 10.6 Å². The summed E-state index contributed by atoms with van der Waals surface area (Å²) in [5, 5.41) is 13.1. The maximum absolute atomic E-state index is 13.7. The Balaban J connectivity index is 1.50. The van der Waals surface area contributed by atoms with Gasteiger partial charge in [0.25, 0.3) is 21.8 Å². The number of hydrogen-bond acceptors (Lipinski definition) is 6. The average molecular weight is 511 g/mol. The number of terminal acetylenes is 1. The Kier molecular flexibility index (Phi) is 6.76. The molecule has 0 bridgehead atoms. The number of aryl methyl sites for hydroxylation is 1. The second-order valence-corrected chi connectivity index (χ2v) is 10.1. The molecule has 1 aliphatic rings. The molecule has 0 atom stereocenters. The van der Waals surface area contributed by atoms with Gasteiger partial charge in [-0.1, -0.05) is 4.20 Å². The van der Waals surface area contributed by atoms with Crippen LogP contribution in [0.5, 0.6) is 0 Å². The quantitative estimate of drug-likeness (QED) is 0.242. The van der Waals surface area contributed by atoms with Crippen molar-refractivity contribution in [2.45, 2.75) is 33.2 Å². The van der Waals surface area contributed by atoms with Gasteiger partial charge in [0, 0.05) is 29.1 Å². The maximum atomic E-state index is 13.7. The molecule has 4 rings (SSSR count). The normalized spacial score (nSPS) is 13.9. The number of carbonyl (C=O) groups excluding carboxylic acids is 2. The van der Waals surface area contributed by atoms with Crippen molar-refractivity contribution in [3.05, 3.63) is 64.0 Å². The first-order valence-corrected chi connectivity index (χ1v) is 12.6. The fourth-order valence-corrected chi connectivity index (χ4v) is 4.99. The van der Waals surface area contributed by atoms with Crippen LogP contribution in [0.3, 0.4) is 0 Å². The minimum atomic E-state index is -3.73. The highest BCUT2D eigenvalue weighted by Crippen LogP contribution is 2.34. The number of carbonyl (C=O) groups is 2. The SMILES string of the molecule is C#CCCCS(=O)(=O)n1ncc(CNC(=O)c2c(C)[nH]c(/C=C3\C(=O)Nc4ccc(F)cc43)c2C)n1. The zero-order valence-electron chi connectivity index (χ0n) is 19.6. The van der Waals surface area contributed by atoms with Gasteiger partial charge in [0.1, 0.15) is 11.5 Å². The van der Waals surface area contributed by atoms with E-state index in [9.17, 15) is 22.4 Å². The lowest BCUT2D eigenvalue weighted by Crippen LogP contribution is -2.24. The molecule has 12 heteroatoms. The van der Waals surface area contributed by atoms with Crippen LogP contribution in [-0.2, 0) is 21.4 Å². The van der Waals surface area contributed by atoms with Crippen LogP contribution >= 0.6 is 0 Å². The van der Waals surface area contributed by atoms with E-state index in [2.05, 4.69) is 31.7 Å². The molecule has 2 aromatic heterocycles. The molecule has 0 radical (unpaired) electrons. The molecule has 0 fully saturated rings. The van der Waals surface area contributed by atoms with Crippen molar-refractivity contribution in [3.8, 4) is 12.3 Å². The lowest BCUT2D eigenvalue weighted by molar-refractivity contribution is -0.110. The third-order valence-electron chi connectivity index (χ3n) is 5.68. The molecule has 3 aromatic rings. The molecule has 186 valence electrons.